The summed E-state index contributed by atoms with van der Waals surface area (Å²) < 4.78 is 7.18. The van der Waals surface area contributed by atoms with Crippen molar-refractivity contribution in [3.05, 3.63) is 65.5 Å². The third-order valence-electron chi connectivity index (χ3n) is 4.61. The number of hydrogen-bond acceptors (Lipinski definition) is 4. The molecular formula is C21H24N4O3. The fourth-order valence-electron chi connectivity index (χ4n) is 2.88. The van der Waals surface area contributed by atoms with Crippen molar-refractivity contribution in [3.8, 4) is 5.75 Å². The molecule has 2 heterocycles. The smallest absolute Gasteiger partial charge is 0.260 e. The fraction of sp³-hybridized carbons (Fsp3) is 0.286. The van der Waals surface area contributed by atoms with Gasteiger partial charge in [0.1, 0.15) is 5.75 Å². The van der Waals surface area contributed by atoms with Crippen molar-refractivity contribution in [3.63, 3.8) is 0 Å². The zero-order valence-electron chi connectivity index (χ0n) is 16.3. The van der Waals surface area contributed by atoms with Crippen LogP contribution in [0.1, 0.15) is 41.3 Å². The van der Waals surface area contributed by atoms with E-state index in [2.05, 4.69) is 18.9 Å². The number of nitrogens with zero attached hydrogens (tertiary/aromatic N) is 3. The summed E-state index contributed by atoms with van der Waals surface area (Å²) in [5.41, 5.74) is 8.43. The Balaban J connectivity index is 1.61. The van der Waals surface area contributed by atoms with Gasteiger partial charge in [-0.25, -0.2) is 4.52 Å². The van der Waals surface area contributed by atoms with E-state index in [-0.39, 0.29) is 12.5 Å². The van der Waals surface area contributed by atoms with Crippen LogP contribution in [0.25, 0.3) is 5.52 Å². The second-order valence-corrected chi connectivity index (χ2v) is 7.05. The van der Waals surface area contributed by atoms with Crippen molar-refractivity contribution >= 4 is 17.3 Å². The highest BCUT2D eigenvalue weighted by atomic mass is 16.5. The van der Waals surface area contributed by atoms with Crippen molar-refractivity contribution in [1.29, 1.82) is 0 Å². The summed E-state index contributed by atoms with van der Waals surface area (Å²) in [4.78, 5) is 25.5. The molecule has 0 radical (unpaired) electrons. The quantitative estimate of drug-likeness (QED) is 0.682. The van der Waals surface area contributed by atoms with Gasteiger partial charge in [0, 0.05) is 19.8 Å². The van der Waals surface area contributed by atoms with Gasteiger partial charge < -0.3 is 15.4 Å². The summed E-state index contributed by atoms with van der Waals surface area (Å²) in [6.45, 7) is 4.59. The van der Waals surface area contributed by atoms with E-state index in [4.69, 9.17) is 10.5 Å². The highest BCUT2D eigenvalue weighted by Gasteiger charge is 2.13. The molecule has 146 valence electrons. The topological polar surface area (TPSA) is 89.9 Å². The van der Waals surface area contributed by atoms with Gasteiger partial charge >= 0.3 is 0 Å². The molecule has 7 nitrogen and oxygen atoms in total. The Hall–Kier alpha value is -3.35. The number of nitrogens with two attached hydrogens (primary N) is 1. The number of rotatable bonds is 7. The molecule has 0 aliphatic heterocycles. The van der Waals surface area contributed by atoms with E-state index >= 15 is 0 Å². The molecule has 0 fully saturated rings. The molecule has 0 aliphatic carbocycles. The first-order chi connectivity index (χ1) is 13.3. The number of pyridine rings is 1. The van der Waals surface area contributed by atoms with Crippen molar-refractivity contribution in [1.82, 2.24) is 14.5 Å². The molecule has 0 bridgehead atoms. The maximum atomic E-state index is 12.4. The largest absolute Gasteiger partial charge is 0.484 e. The second-order valence-electron chi connectivity index (χ2n) is 7.05. The number of ether oxygens (including phenoxy) is 1. The Morgan fingerprint density at radius 2 is 1.93 bits per heavy atom. The van der Waals surface area contributed by atoms with Gasteiger partial charge in [-0.1, -0.05) is 26.0 Å². The molecule has 2 amide bonds. The number of amides is 2. The van der Waals surface area contributed by atoms with Gasteiger partial charge in [-0.15, -0.1) is 0 Å². The summed E-state index contributed by atoms with van der Waals surface area (Å²) in [6, 6.07) is 11.4. The van der Waals surface area contributed by atoms with E-state index < -0.39 is 5.91 Å². The molecule has 1 aromatic carbocycles. The normalized spacial score (nSPS) is 11.0. The summed E-state index contributed by atoms with van der Waals surface area (Å²) in [6.07, 6.45) is 3.18. The average molecular weight is 380 g/mol. The predicted molar refractivity (Wildman–Crippen MR) is 106 cm³/mol. The zero-order chi connectivity index (χ0) is 20.3. The van der Waals surface area contributed by atoms with Gasteiger partial charge in [-0.2, -0.15) is 5.10 Å². The van der Waals surface area contributed by atoms with Crippen LogP contribution in [0.3, 0.4) is 0 Å². The minimum absolute atomic E-state index is 0.0427. The molecule has 3 aromatic rings. The molecule has 7 heteroatoms. The van der Waals surface area contributed by atoms with E-state index in [0.29, 0.717) is 29.3 Å². The number of hydrogen-bond donors (Lipinski definition) is 1. The van der Waals surface area contributed by atoms with Crippen LogP contribution >= 0.6 is 0 Å². The maximum Gasteiger partial charge on any atom is 0.260 e. The van der Waals surface area contributed by atoms with Crippen LogP contribution in [0.4, 0.5) is 0 Å². The molecule has 28 heavy (non-hydrogen) atoms. The Bertz CT molecular complexity index is 993. The summed E-state index contributed by atoms with van der Waals surface area (Å²) >= 11 is 0. The fourth-order valence-corrected chi connectivity index (χ4v) is 2.88. The van der Waals surface area contributed by atoms with Gasteiger partial charge in [0.05, 0.1) is 17.3 Å². The number of likely N-dealkylation sites (N-methyl/N-ethyl adjacent to an activating group) is 1. The van der Waals surface area contributed by atoms with E-state index in [1.807, 2.05) is 36.4 Å². The van der Waals surface area contributed by atoms with Crippen molar-refractivity contribution in [2.24, 2.45) is 5.73 Å². The molecule has 3 rings (SSSR count). The molecule has 2 aromatic heterocycles. The maximum absolute atomic E-state index is 12.4. The lowest BCUT2D eigenvalue weighted by Crippen LogP contribution is -2.31. The standard InChI is InChI=1S/C21H24N4O3/c1-14(2)16-4-6-17(7-5-16)28-13-20(26)24(3)12-15-8-9-25-19(10-15)18(11-23-25)21(22)27/h4-11,14H,12-13H2,1-3H3,(H2,22,27). The van der Waals surface area contributed by atoms with Crippen molar-refractivity contribution in [2.45, 2.75) is 26.3 Å². The monoisotopic (exact) mass is 380 g/mol. The van der Waals surface area contributed by atoms with Crippen LogP contribution in [0, 0.1) is 0 Å². The Morgan fingerprint density at radius 1 is 1.21 bits per heavy atom. The average Bonchev–Trinajstić information content (AvgIpc) is 3.09. The second kappa shape index (κ2) is 8.12. The zero-order valence-corrected chi connectivity index (χ0v) is 16.3. The van der Waals surface area contributed by atoms with Gasteiger partial charge in [-0.05, 0) is 41.3 Å². The lowest BCUT2D eigenvalue weighted by molar-refractivity contribution is -0.132. The first-order valence-corrected chi connectivity index (χ1v) is 9.08. The SMILES string of the molecule is CC(C)c1ccc(OCC(=O)N(C)Cc2ccn3ncc(C(N)=O)c3c2)cc1. The molecule has 0 atom stereocenters. The van der Waals surface area contributed by atoms with Crippen LogP contribution in [-0.4, -0.2) is 40.0 Å². The molecule has 0 spiro atoms. The first kappa shape index (κ1) is 19.4. The molecule has 0 aliphatic rings. The first-order valence-electron chi connectivity index (χ1n) is 9.08. The number of carbonyl (C=O) groups is 2. The van der Waals surface area contributed by atoms with Crippen LogP contribution in [0.5, 0.6) is 5.75 Å². The van der Waals surface area contributed by atoms with Gasteiger partial charge in [0.25, 0.3) is 11.8 Å². The molecular weight excluding hydrogens is 356 g/mol. The van der Waals surface area contributed by atoms with E-state index in [0.717, 1.165) is 5.56 Å². The number of carbonyl (C=O) groups excluding carboxylic acids is 2. The van der Waals surface area contributed by atoms with Gasteiger partial charge in [-0.3, -0.25) is 9.59 Å². The molecule has 2 N–H and O–H groups in total. The van der Waals surface area contributed by atoms with E-state index in [9.17, 15) is 9.59 Å². The van der Waals surface area contributed by atoms with Crippen molar-refractivity contribution < 1.29 is 14.3 Å². The number of benzene rings is 1. The number of aromatic nitrogens is 2. The van der Waals surface area contributed by atoms with Crippen LogP contribution in [0.2, 0.25) is 0 Å². The highest BCUT2D eigenvalue weighted by Crippen LogP contribution is 2.19. The summed E-state index contributed by atoms with van der Waals surface area (Å²) in [7, 11) is 1.71. The molecule has 0 unspecified atom stereocenters. The highest BCUT2D eigenvalue weighted by molar-refractivity contribution is 5.99. The molecule has 0 saturated heterocycles. The van der Waals surface area contributed by atoms with E-state index in [1.54, 1.807) is 22.7 Å². The summed E-state index contributed by atoms with van der Waals surface area (Å²) in [5.74, 6) is 0.438. The Morgan fingerprint density at radius 3 is 2.57 bits per heavy atom. The minimum Gasteiger partial charge on any atom is -0.484 e. The van der Waals surface area contributed by atoms with Crippen LogP contribution in [0.15, 0.2) is 48.8 Å². The lowest BCUT2D eigenvalue weighted by Gasteiger charge is -2.18. The predicted octanol–water partition coefficient (Wildman–Crippen LogP) is 2.59. The molecule has 0 saturated carbocycles. The lowest BCUT2D eigenvalue weighted by atomic mass is 10.0. The third-order valence-corrected chi connectivity index (χ3v) is 4.61. The third kappa shape index (κ3) is 4.31. The minimum atomic E-state index is -0.534. The Labute approximate surface area is 163 Å². The van der Waals surface area contributed by atoms with Gasteiger partial charge in [0.2, 0.25) is 0 Å². The Kier molecular flexibility index (Phi) is 5.63. The summed E-state index contributed by atoms with van der Waals surface area (Å²) in [5, 5.41) is 4.09. The number of primary amides is 1. The number of fused-ring (bicyclic) bond motifs is 1. The van der Waals surface area contributed by atoms with E-state index in [1.165, 1.54) is 11.8 Å². The van der Waals surface area contributed by atoms with Crippen LogP contribution < -0.4 is 10.5 Å². The van der Waals surface area contributed by atoms with Gasteiger partial charge in [0.15, 0.2) is 6.61 Å². The van der Waals surface area contributed by atoms with Crippen molar-refractivity contribution in [2.75, 3.05) is 13.7 Å². The van der Waals surface area contributed by atoms with Crippen LogP contribution in [-0.2, 0) is 11.3 Å².